The highest BCUT2D eigenvalue weighted by Gasteiger charge is 2.20. The van der Waals surface area contributed by atoms with Crippen molar-refractivity contribution < 1.29 is 9.53 Å². The summed E-state index contributed by atoms with van der Waals surface area (Å²) in [6.45, 7) is 1.21. The SMILES string of the molecule is COCc1c(Br)cccc1NC(=O)CCNC1CC1. The van der Waals surface area contributed by atoms with Gasteiger partial charge in [-0.3, -0.25) is 4.79 Å². The Kier molecular flexibility index (Phi) is 5.36. The number of methoxy groups -OCH3 is 1. The first-order valence-electron chi connectivity index (χ1n) is 6.50. The third-order valence-electron chi connectivity index (χ3n) is 3.04. The molecule has 0 aliphatic heterocycles. The molecule has 0 radical (unpaired) electrons. The molecule has 2 rings (SSSR count). The third kappa shape index (κ3) is 4.60. The fraction of sp³-hybridized carbons (Fsp3) is 0.500. The van der Waals surface area contributed by atoms with Crippen molar-refractivity contribution in [1.82, 2.24) is 5.32 Å². The molecule has 2 N–H and O–H groups in total. The quantitative estimate of drug-likeness (QED) is 0.810. The van der Waals surface area contributed by atoms with E-state index < -0.39 is 0 Å². The predicted octanol–water partition coefficient (Wildman–Crippen LogP) is 2.68. The fourth-order valence-electron chi connectivity index (χ4n) is 1.86. The zero-order chi connectivity index (χ0) is 13.7. The van der Waals surface area contributed by atoms with Gasteiger partial charge >= 0.3 is 0 Å². The van der Waals surface area contributed by atoms with Crippen molar-refractivity contribution in [2.75, 3.05) is 19.0 Å². The van der Waals surface area contributed by atoms with Gasteiger partial charge in [-0.1, -0.05) is 22.0 Å². The number of nitrogens with one attached hydrogen (secondary N) is 2. The summed E-state index contributed by atoms with van der Waals surface area (Å²) in [6, 6.07) is 6.38. The Morgan fingerprint density at radius 3 is 2.95 bits per heavy atom. The predicted molar refractivity (Wildman–Crippen MR) is 79.1 cm³/mol. The molecular formula is C14H19BrN2O2. The van der Waals surface area contributed by atoms with Crippen LogP contribution in [0.3, 0.4) is 0 Å². The molecule has 1 saturated carbocycles. The Morgan fingerprint density at radius 1 is 1.47 bits per heavy atom. The fourth-order valence-corrected chi connectivity index (χ4v) is 2.34. The average molecular weight is 327 g/mol. The van der Waals surface area contributed by atoms with E-state index in [1.807, 2.05) is 18.2 Å². The maximum Gasteiger partial charge on any atom is 0.225 e. The number of benzene rings is 1. The molecule has 4 nitrogen and oxygen atoms in total. The summed E-state index contributed by atoms with van der Waals surface area (Å²) < 4.78 is 6.11. The van der Waals surface area contributed by atoms with Crippen LogP contribution in [0.1, 0.15) is 24.8 Å². The lowest BCUT2D eigenvalue weighted by atomic mass is 10.2. The van der Waals surface area contributed by atoms with Crippen molar-refractivity contribution in [3.05, 3.63) is 28.2 Å². The molecule has 1 fully saturated rings. The normalized spacial score (nSPS) is 14.4. The van der Waals surface area contributed by atoms with Gasteiger partial charge in [0.25, 0.3) is 0 Å². The summed E-state index contributed by atoms with van der Waals surface area (Å²) >= 11 is 3.47. The number of carbonyl (C=O) groups is 1. The van der Waals surface area contributed by atoms with E-state index in [0.717, 1.165) is 22.3 Å². The van der Waals surface area contributed by atoms with Gasteiger partial charge < -0.3 is 15.4 Å². The summed E-state index contributed by atoms with van der Waals surface area (Å²) in [6.07, 6.45) is 2.98. The molecule has 0 aromatic heterocycles. The molecule has 1 amide bonds. The molecule has 0 unspecified atom stereocenters. The van der Waals surface area contributed by atoms with Gasteiger partial charge in [-0.15, -0.1) is 0 Å². The largest absolute Gasteiger partial charge is 0.380 e. The summed E-state index contributed by atoms with van der Waals surface area (Å²) in [5, 5.41) is 6.27. The molecule has 0 heterocycles. The molecule has 1 aliphatic carbocycles. The van der Waals surface area contributed by atoms with Gasteiger partial charge in [-0.05, 0) is 25.0 Å². The van der Waals surface area contributed by atoms with Crippen LogP contribution in [-0.4, -0.2) is 25.6 Å². The van der Waals surface area contributed by atoms with Crippen LogP contribution in [0.2, 0.25) is 0 Å². The Morgan fingerprint density at radius 2 is 2.26 bits per heavy atom. The van der Waals surface area contributed by atoms with Crippen LogP contribution in [0.5, 0.6) is 0 Å². The van der Waals surface area contributed by atoms with E-state index in [-0.39, 0.29) is 5.91 Å². The minimum absolute atomic E-state index is 0.0311. The number of halogens is 1. The highest BCUT2D eigenvalue weighted by molar-refractivity contribution is 9.10. The zero-order valence-corrected chi connectivity index (χ0v) is 12.6. The second-order valence-corrected chi connectivity index (χ2v) is 5.58. The molecule has 1 aromatic rings. The summed E-state index contributed by atoms with van der Waals surface area (Å²) in [5.74, 6) is 0.0311. The van der Waals surface area contributed by atoms with Gasteiger partial charge in [0.05, 0.1) is 6.61 Å². The number of ether oxygens (including phenoxy) is 1. The lowest BCUT2D eigenvalue weighted by molar-refractivity contribution is -0.116. The van der Waals surface area contributed by atoms with Crippen LogP contribution in [0.4, 0.5) is 5.69 Å². The molecule has 19 heavy (non-hydrogen) atoms. The number of hydrogen-bond acceptors (Lipinski definition) is 3. The Bertz CT molecular complexity index is 447. The topological polar surface area (TPSA) is 50.4 Å². The van der Waals surface area contributed by atoms with E-state index in [2.05, 4.69) is 26.6 Å². The molecule has 5 heteroatoms. The Balaban J connectivity index is 1.89. The maximum absolute atomic E-state index is 11.9. The van der Waals surface area contributed by atoms with Crippen LogP contribution in [0.15, 0.2) is 22.7 Å². The second kappa shape index (κ2) is 7.03. The molecule has 0 bridgehead atoms. The minimum atomic E-state index is 0.0311. The molecule has 104 valence electrons. The van der Waals surface area contributed by atoms with Gasteiger partial charge in [-0.2, -0.15) is 0 Å². The van der Waals surface area contributed by atoms with Crippen molar-refractivity contribution in [2.45, 2.75) is 31.9 Å². The van der Waals surface area contributed by atoms with E-state index >= 15 is 0 Å². The number of amides is 1. The monoisotopic (exact) mass is 326 g/mol. The Labute approximate surface area is 122 Å². The van der Waals surface area contributed by atoms with E-state index in [1.165, 1.54) is 12.8 Å². The van der Waals surface area contributed by atoms with Crippen LogP contribution in [0.25, 0.3) is 0 Å². The van der Waals surface area contributed by atoms with Gasteiger partial charge in [0.1, 0.15) is 0 Å². The lowest BCUT2D eigenvalue weighted by Crippen LogP contribution is -2.23. The van der Waals surface area contributed by atoms with Crippen LogP contribution in [0, 0.1) is 0 Å². The highest BCUT2D eigenvalue weighted by atomic mass is 79.9. The van der Waals surface area contributed by atoms with E-state index in [0.29, 0.717) is 19.1 Å². The highest BCUT2D eigenvalue weighted by Crippen LogP contribution is 2.25. The summed E-state index contributed by atoms with van der Waals surface area (Å²) in [7, 11) is 1.64. The maximum atomic E-state index is 11.9. The van der Waals surface area contributed by atoms with E-state index in [1.54, 1.807) is 7.11 Å². The molecular weight excluding hydrogens is 308 g/mol. The number of carbonyl (C=O) groups excluding carboxylic acids is 1. The van der Waals surface area contributed by atoms with Crippen molar-refractivity contribution in [3.8, 4) is 0 Å². The van der Waals surface area contributed by atoms with E-state index in [4.69, 9.17) is 4.74 Å². The molecule has 1 aliphatic rings. The lowest BCUT2D eigenvalue weighted by Gasteiger charge is -2.12. The first-order chi connectivity index (χ1) is 9.20. The minimum Gasteiger partial charge on any atom is -0.380 e. The molecule has 1 aromatic carbocycles. The van der Waals surface area contributed by atoms with Gasteiger partial charge in [0, 0.05) is 41.8 Å². The van der Waals surface area contributed by atoms with Crippen molar-refractivity contribution >= 4 is 27.5 Å². The number of anilines is 1. The smallest absolute Gasteiger partial charge is 0.225 e. The van der Waals surface area contributed by atoms with Crippen molar-refractivity contribution in [1.29, 1.82) is 0 Å². The van der Waals surface area contributed by atoms with Gasteiger partial charge in [0.2, 0.25) is 5.91 Å². The zero-order valence-electron chi connectivity index (χ0n) is 11.0. The average Bonchev–Trinajstić information content (AvgIpc) is 3.18. The van der Waals surface area contributed by atoms with Crippen LogP contribution >= 0.6 is 15.9 Å². The van der Waals surface area contributed by atoms with Crippen molar-refractivity contribution in [3.63, 3.8) is 0 Å². The van der Waals surface area contributed by atoms with Crippen LogP contribution < -0.4 is 10.6 Å². The standard InChI is InChI=1S/C14H19BrN2O2/c1-19-9-11-12(15)3-2-4-13(11)17-14(18)7-8-16-10-5-6-10/h2-4,10,16H,5-9H2,1H3,(H,17,18). The van der Waals surface area contributed by atoms with Gasteiger partial charge in [-0.25, -0.2) is 0 Å². The third-order valence-corrected chi connectivity index (χ3v) is 3.79. The number of hydrogen-bond donors (Lipinski definition) is 2. The second-order valence-electron chi connectivity index (χ2n) is 4.73. The van der Waals surface area contributed by atoms with E-state index in [9.17, 15) is 4.79 Å². The molecule has 0 spiro atoms. The van der Waals surface area contributed by atoms with Crippen LogP contribution in [-0.2, 0) is 16.1 Å². The summed E-state index contributed by atoms with van der Waals surface area (Å²) in [5.41, 5.74) is 1.78. The Hall–Kier alpha value is -0.910. The molecule has 0 saturated heterocycles. The van der Waals surface area contributed by atoms with Gasteiger partial charge in [0.15, 0.2) is 0 Å². The first-order valence-corrected chi connectivity index (χ1v) is 7.29. The molecule has 0 atom stereocenters. The summed E-state index contributed by atoms with van der Waals surface area (Å²) in [4.78, 5) is 11.9. The first kappa shape index (κ1) is 14.5. The number of rotatable bonds is 7. The van der Waals surface area contributed by atoms with Crippen molar-refractivity contribution in [2.24, 2.45) is 0 Å².